The predicted molar refractivity (Wildman–Crippen MR) is 60.3 cm³/mol. The van der Waals surface area contributed by atoms with E-state index in [0.717, 1.165) is 12.3 Å². The van der Waals surface area contributed by atoms with Crippen LogP contribution in [-0.4, -0.2) is 13.1 Å². The Morgan fingerprint density at radius 1 is 1.33 bits per heavy atom. The van der Waals surface area contributed by atoms with E-state index in [2.05, 4.69) is 5.32 Å². The Kier molecular flexibility index (Phi) is 3.37. The lowest BCUT2D eigenvalue weighted by molar-refractivity contribution is 0.490. The maximum absolute atomic E-state index is 12.7. The van der Waals surface area contributed by atoms with Crippen molar-refractivity contribution < 1.29 is 4.39 Å². The SMILES string of the molecule is CNC(Cc1ccc(F)cc1)CC1CC1. The normalized spacial score (nSPS) is 17.7. The maximum atomic E-state index is 12.7. The van der Waals surface area contributed by atoms with Gasteiger partial charge in [-0.1, -0.05) is 25.0 Å². The second-order valence-corrected chi connectivity index (χ2v) is 4.50. The van der Waals surface area contributed by atoms with Gasteiger partial charge in [-0.05, 0) is 43.5 Å². The van der Waals surface area contributed by atoms with Crippen molar-refractivity contribution in [3.05, 3.63) is 35.6 Å². The fourth-order valence-corrected chi connectivity index (χ4v) is 1.96. The molecule has 1 unspecified atom stereocenters. The third kappa shape index (κ3) is 3.31. The molecule has 1 fully saturated rings. The average Bonchev–Trinajstić information content (AvgIpc) is 3.04. The van der Waals surface area contributed by atoms with E-state index in [1.807, 2.05) is 19.2 Å². The van der Waals surface area contributed by atoms with Crippen LogP contribution in [0, 0.1) is 11.7 Å². The third-order valence-electron chi connectivity index (χ3n) is 3.12. The van der Waals surface area contributed by atoms with Gasteiger partial charge < -0.3 is 5.32 Å². The van der Waals surface area contributed by atoms with Gasteiger partial charge in [-0.3, -0.25) is 0 Å². The molecule has 0 bridgehead atoms. The first kappa shape index (κ1) is 10.6. The number of nitrogens with one attached hydrogen (secondary N) is 1. The van der Waals surface area contributed by atoms with Gasteiger partial charge in [0.1, 0.15) is 5.82 Å². The molecule has 1 nitrogen and oxygen atoms in total. The van der Waals surface area contributed by atoms with Crippen molar-refractivity contribution in [2.24, 2.45) is 5.92 Å². The van der Waals surface area contributed by atoms with Crippen LogP contribution in [0.4, 0.5) is 4.39 Å². The Labute approximate surface area is 90.7 Å². The molecule has 1 aliphatic carbocycles. The first-order valence-electron chi connectivity index (χ1n) is 5.69. The molecule has 1 atom stereocenters. The Bertz CT molecular complexity index is 303. The van der Waals surface area contributed by atoms with E-state index in [1.165, 1.54) is 24.8 Å². The zero-order valence-corrected chi connectivity index (χ0v) is 9.17. The molecule has 0 saturated heterocycles. The molecule has 2 heteroatoms. The van der Waals surface area contributed by atoms with Crippen molar-refractivity contribution >= 4 is 0 Å². The first-order valence-corrected chi connectivity index (χ1v) is 5.69. The summed E-state index contributed by atoms with van der Waals surface area (Å²) in [6.07, 6.45) is 5.05. The highest BCUT2D eigenvalue weighted by Crippen LogP contribution is 2.34. The van der Waals surface area contributed by atoms with Crippen molar-refractivity contribution in [3.63, 3.8) is 0 Å². The lowest BCUT2D eigenvalue weighted by Gasteiger charge is -2.15. The quantitative estimate of drug-likeness (QED) is 0.783. The molecule has 0 aromatic heterocycles. The van der Waals surface area contributed by atoms with Gasteiger partial charge in [-0.15, -0.1) is 0 Å². The number of hydrogen-bond acceptors (Lipinski definition) is 1. The summed E-state index contributed by atoms with van der Waals surface area (Å²) in [7, 11) is 2.01. The predicted octanol–water partition coefficient (Wildman–Crippen LogP) is 2.76. The van der Waals surface area contributed by atoms with Crippen molar-refractivity contribution in [2.45, 2.75) is 31.7 Å². The summed E-state index contributed by atoms with van der Waals surface area (Å²) < 4.78 is 12.7. The number of hydrogen-bond donors (Lipinski definition) is 1. The van der Waals surface area contributed by atoms with E-state index < -0.39 is 0 Å². The van der Waals surface area contributed by atoms with Crippen molar-refractivity contribution in [3.8, 4) is 0 Å². The van der Waals surface area contributed by atoms with Crippen LogP contribution in [0.2, 0.25) is 0 Å². The summed E-state index contributed by atoms with van der Waals surface area (Å²) in [5.41, 5.74) is 1.22. The minimum atomic E-state index is -0.151. The molecular weight excluding hydrogens is 189 g/mol. The number of rotatable bonds is 5. The van der Waals surface area contributed by atoms with Crippen LogP contribution in [-0.2, 0) is 6.42 Å². The Hall–Kier alpha value is -0.890. The highest BCUT2D eigenvalue weighted by Gasteiger charge is 2.24. The number of benzene rings is 1. The lowest BCUT2D eigenvalue weighted by Crippen LogP contribution is -2.28. The first-order chi connectivity index (χ1) is 7.28. The molecule has 82 valence electrons. The highest BCUT2D eigenvalue weighted by atomic mass is 19.1. The molecular formula is C13H18FN. The second kappa shape index (κ2) is 4.75. The molecule has 1 N–H and O–H groups in total. The maximum Gasteiger partial charge on any atom is 0.123 e. The number of halogens is 1. The summed E-state index contributed by atoms with van der Waals surface area (Å²) in [4.78, 5) is 0. The summed E-state index contributed by atoms with van der Waals surface area (Å²) in [5, 5.41) is 3.34. The summed E-state index contributed by atoms with van der Waals surface area (Å²) in [6.45, 7) is 0. The van der Waals surface area contributed by atoms with E-state index in [4.69, 9.17) is 0 Å². The van der Waals surface area contributed by atoms with Crippen LogP contribution in [0.5, 0.6) is 0 Å². The zero-order chi connectivity index (χ0) is 10.7. The molecule has 0 spiro atoms. The second-order valence-electron chi connectivity index (χ2n) is 4.50. The summed E-state index contributed by atoms with van der Waals surface area (Å²) in [5.74, 6) is 0.782. The van der Waals surface area contributed by atoms with Crippen molar-refractivity contribution in [2.75, 3.05) is 7.05 Å². The summed E-state index contributed by atoms with van der Waals surface area (Å²) >= 11 is 0. The molecule has 2 rings (SSSR count). The van der Waals surface area contributed by atoms with Crippen LogP contribution in [0.1, 0.15) is 24.8 Å². The van der Waals surface area contributed by atoms with E-state index in [-0.39, 0.29) is 5.82 Å². The fourth-order valence-electron chi connectivity index (χ4n) is 1.96. The van der Waals surface area contributed by atoms with Crippen LogP contribution >= 0.6 is 0 Å². The molecule has 0 heterocycles. The average molecular weight is 207 g/mol. The minimum absolute atomic E-state index is 0.151. The fraction of sp³-hybridized carbons (Fsp3) is 0.538. The monoisotopic (exact) mass is 207 g/mol. The van der Waals surface area contributed by atoms with Crippen LogP contribution in [0.3, 0.4) is 0 Å². The van der Waals surface area contributed by atoms with Gasteiger partial charge in [-0.25, -0.2) is 4.39 Å². The Balaban J connectivity index is 1.89. The topological polar surface area (TPSA) is 12.0 Å². The van der Waals surface area contributed by atoms with Crippen molar-refractivity contribution in [1.82, 2.24) is 5.32 Å². The van der Waals surface area contributed by atoms with Crippen LogP contribution in [0.25, 0.3) is 0 Å². The molecule has 1 aromatic rings. The molecule has 0 radical (unpaired) electrons. The Morgan fingerprint density at radius 3 is 2.53 bits per heavy atom. The van der Waals surface area contributed by atoms with Gasteiger partial charge in [0, 0.05) is 6.04 Å². The lowest BCUT2D eigenvalue weighted by atomic mass is 10.0. The van der Waals surface area contributed by atoms with Crippen molar-refractivity contribution in [1.29, 1.82) is 0 Å². The number of likely N-dealkylation sites (N-methyl/N-ethyl adjacent to an activating group) is 1. The smallest absolute Gasteiger partial charge is 0.123 e. The standard InChI is InChI=1S/C13H18FN/c1-15-13(8-10-2-3-10)9-11-4-6-12(14)7-5-11/h4-7,10,13,15H,2-3,8-9H2,1H3. The molecule has 15 heavy (non-hydrogen) atoms. The molecule has 1 saturated carbocycles. The third-order valence-corrected chi connectivity index (χ3v) is 3.12. The van der Waals surface area contributed by atoms with Gasteiger partial charge in [0.2, 0.25) is 0 Å². The van der Waals surface area contributed by atoms with Gasteiger partial charge in [0.25, 0.3) is 0 Å². The van der Waals surface area contributed by atoms with E-state index in [9.17, 15) is 4.39 Å². The summed E-state index contributed by atoms with van der Waals surface area (Å²) in [6, 6.07) is 7.39. The van der Waals surface area contributed by atoms with Gasteiger partial charge in [-0.2, -0.15) is 0 Å². The van der Waals surface area contributed by atoms with E-state index in [0.29, 0.717) is 6.04 Å². The highest BCUT2D eigenvalue weighted by molar-refractivity contribution is 5.17. The van der Waals surface area contributed by atoms with Gasteiger partial charge in [0.05, 0.1) is 0 Å². The molecule has 0 aliphatic heterocycles. The largest absolute Gasteiger partial charge is 0.317 e. The molecule has 1 aromatic carbocycles. The van der Waals surface area contributed by atoms with E-state index >= 15 is 0 Å². The van der Waals surface area contributed by atoms with Gasteiger partial charge in [0.15, 0.2) is 0 Å². The van der Waals surface area contributed by atoms with Crippen LogP contribution < -0.4 is 5.32 Å². The zero-order valence-electron chi connectivity index (χ0n) is 9.17. The van der Waals surface area contributed by atoms with E-state index in [1.54, 1.807) is 12.1 Å². The van der Waals surface area contributed by atoms with Gasteiger partial charge >= 0.3 is 0 Å². The minimum Gasteiger partial charge on any atom is -0.317 e. The molecule has 1 aliphatic rings. The Morgan fingerprint density at radius 2 is 2.00 bits per heavy atom. The molecule has 0 amide bonds. The van der Waals surface area contributed by atoms with Crippen LogP contribution in [0.15, 0.2) is 24.3 Å².